The van der Waals surface area contributed by atoms with Crippen molar-refractivity contribution in [1.29, 1.82) is 0 Å². The first-order chi connectivity index (χ1) is 16.2. The molecule has 2 heterocycles. The molecule has 0 nitrogen and oxygen atoms in total. The monoisotopic (exact) mass is 624 g/mol. The molecule has 2 fully saturated rings. The van der Waals surface area contributed by atoms with Gasteiger partial charge in [0, 0.05) is 61.0 Å². The van der Waals surface area contributed by atoms with Gasteiger partial charge in [0.05, 0.1) is 34.5 Å². The summed E-state index contributed by atoms with van der Waals surface area (Å²) in [5.41, 5.74) is 5.74. The summed E-state index contributed by atoms with van der Waals surface area (Å²) in [5.74, 6) is 12.1. The average molecular weight is 624 g/mol. The van der Waals surface area contributed by atoms with E-state index in [4.69, 9.17) is 0 Å². The first-order valence-electron chi connectivity index (χ1n) is 13.7. The van der Waals surface area contributed by atoms with Crippen LogP contribution in [-0.4, -0.2) is 41.7 Å². The molecule has 35 heavy (non-hydrogen) atoms. The molecule has 3 aliphatic rings. The molecule has 5 atom stereocenters. The van der Waals surface area contributed by atoms with E-state index in [1.54, 1.807) is 31.8 Å². The zero-order valence-electron chi connectivity index (χ0n) is 22.5. The number of hydrogen-bond acceptors (Lipinski definition) is 0. The van der Waals surface area contributed by atoms with Crippen molar-refractivity contribution >= 4 is 23.1 Å². The molecule has 1 radical (unpaired) electrons. The summed E-state index contributed by atoms with van der Waals surface area (Å²) >= 11 is 0. The van der Waals surface area contributed by atoms with Gasteiger partial charge >= 0.3 is 7.25 Å². The van der Waals surface area contributed by atoms with Crippen LogP contribution in [0.1, 0.15) is 112 Å². The largest absolute Gasteiger partial charge is 0.673 e. The topological polar surface area (TPSA) is 0 Å². The fourth-order valence-corrected chi connectivity index (χ4v) is 16.2. The van der Waals surface area contributed by atoms with Gasteiger partial charge in [0.2, 0.25) is 0 Å². The van der Waals surface area contributed by atoms with Crippen LogP contribution in [0.25, 0.3) is 0 Å². The molecule has 0 aromatic rings. The molecule has 0 N–H and O–H groups in total. The van der Waals surface area contributed by atoms with Gasteiger partial charge in [0.1, 0.15) is 0 Å². The first kappa shape index (κ1) is 35.4. The minimum atomic E-state index is -6.00. The van der Waals surface area contributed by atoms with Gasteiger partial charge < -0.3 is 17.3 Å². The second-order valence-electron chi connectivity index (χ2n) is 9.96. The van der Waals surface area contributed by atoms with E-state index in [0.29, 0.717) is 0 Å². The van der Waals surface area contributed by atoms with Crippen molar-refractivity contribution in [3.63, 3.8) is 0 Å². The summed E-state index contributed by atoms with van der Waals surface area (Å²) in [5, 5.41) is 0. The van der Waals surface area contributed by atoms with E-state index in [9.17, 15) is 17.3 Å². The third kappa shape index (κ3) is 14.2. The summed E-state index contributed by atoms with van der Waals surface area (Å²) in [6.07, 6.45) is 17.8. The Bertz CT molecular complexity index is 615. The van der Waals surface area contributed by atoms with Crippen LogP contribution in [0.3, 0.4) is 0 Å². The van der Waals surface area contributed by atoms with Crippen molar-refractivity contribution in [2.75, 3.05) is 6.16 Å². The molecule has 8 heteroatoms. The Morgan fingerprint density at radius 1 is 0.657 bits per heavy atom. The molecule has 0 saturated carbocycles. The van der Waals surface area contributed by atoms with Gasteiger partial charge in [0.15, 0.2) is 0 Å². The Morgan fingerprint density at radius 3 is 1.23 bits per heavy atom. The maximum absolute atomic E-state index is 9.75. The van der Waals surface area contributed by atoms with E-state index >= 15 is 0 Å². The molecule has 0 spiro atoms. The average Bonchev–Trinajstić information content (AvgIpc) is 3.35. The smallest absolute Gasteiger partial charge is 0.418 e. The van der Waals surface area contributed by atoms with Crippen LogP contribution in [-0.2, 0) is 19.5 Å². The fraction of sp³-hybridized carbons (Fsp3) is 0.852. The van der Waals surface area contributed by atoms with Gasteiger partial charge in [0.25, 0.3) is 0 Å². The van der Waals surface area contributed by atoms with Crippen LogP contribution in [0, 0.1) is 23.7 Å². The van der Waals surface area contributed by atoms with E-state index in [2.05, 4.69) is 58.3 Å². The van der Waals surface area contributed by atoms with Gasteiger partial charge in [-0.25, -0.2) is 0 Å². The van der Waals surface area contributed by atoms with Crippen molar-refractivity contribution in [1.82, 2.24) is 0 Å². The fourth-order valence-electron chi connectivity index (χ4n) is 6.20. The summed E-state index contributed by atoms with van der Waals surface area (Å²) in [4.78, 5) is 0. The van der Waals surface area contributed by atoms with E-state index in [0.717, 1.165) is 54.0 Å². The summed E-state index contributed by atoms with van der Waals surface area (Å²) in [6, 6.07) is 0. The van der Waals surface area contributed by atoms with Crippen molar-refractivity contribution in [2.45, 2.75) is 140 Å². The van der Waals surface area contributed by atoms with Crippen LogP contribution < -0.4 is 0 Å². The molecule has 0 aromatic heterocycles. The SMILES string of the molecule is C1#CCCC#CCC1.CC[C@H]1CC[C@H](CC)[PH+]1CC(C)[PH+]1[C@@H](CC)CC[C@@H]1CC.F[B-](F)(F)F.[Rh]. The maximum Gasteiger partial charge on any atom is 0.673 e. The Morgan fingerprint density at radius 2 is 0.943 bits per heavy atom. The number of rotatable bonds is 7. The quantitative estimate of drug-likeness (QED) is 0.115. The van der Waals surface area contributed by atoms with Crippen molar-refractivity contribution in [3.05, 3.63) is 0 Å². The third-order valence-electron chi connectivity index (χ3n) is 7.80. The van der Waals surface area contributed by atoms with Crippen LogP contribution in [0.2, 0.25) is 0 Å². The molecule has 0 aromatic carbocycles. The molecule has 0 bridgehead atoms. The van der Waals surface area contributed by atoms with Gasteiger partial charge in [-0.2, -0.15) is 0 Å². The van der Waals surface area contributed by atoms with Crippen molar-refractivity contribution in [3.8, 4) is 23.7 Å². The third-order valence-corrected chi connectivity index (χ3v) is 17.4. The summed E-state index contributed by atoms with van der Waals surface area (Å²) < 4.78 is 39.0. The van der Waals surface area contributed by atoms with E-state index in [1.165, 1.54) is 25.7 Å². The Kier molecular flexibility index (Phi) is 19.7. The van der Waals surface area contributed by atoms with E-state index in [-0.39, 0.29) is 35.3 Å². The van der Waals surface area contributed by atoms with Crippen LogP contribution in [0.15, 0.2) is 0 Å². The van der Waals surface area contributed by atoms with Crippen molar-refractivity contribution in [2.24, 2.45) is 0 Å². The minimum absolute atomic E-state index is 0. The maximum atomic E-state index is 9.75. The zero-order chi connectivity index (χ0) is 25.6. The first-order valence-corrected chi connectivity index (χ1v) is 17.3. The predicted molar refractivity (Wildman–Crippen MR) is 150 cm³/mol. The Hall–Kier alpha value is 0.388. The molecule has 1 aliphatic carbocycles. The normalized spacial score (nSPS) is 27.2. The van der Waals surface area contributed by atoms with Crippen molar-refractivity contribution < 1.29 is 36.7 Å². The van der Waals surface area contributed by atoms with Gasteiger partial charge in [-0.15, -0.1) is 23.7 Å². The van der Waals surface area contributed by atoms with E-state index < -0.39 is 7.25 Å². The molecular formula is C27H48BF4P2Rh+. The molecule has 1 unspecified atom stereocenters. The molecule has 205 valence electrons. The molecule has 2 aliphatic heterocycles. The number of hydrogen-bond donors (Lipinski definition) is 0. The predicted octanol–water partition coefficient (Wildman–Crippen LogP) is 9.37. The Labute approximate surface area is 229 Å². The molecule has 3 rings (SSSR count). The standard InChI is InChI=1S/C19H38P2.C8H8.BF4.Rh/c1-6-16-10-11-17(7-2)20(16)14-15(5)21-18(8-3)12-13-19(21)9-4;1-2-4-6-8-7-5-3-1;2-1(3,4)5;/h15-19H,6-14H2,1-5H3;1-2,7-8H2;;/q;;-1;/p+2/t15?,16-,17-,18-,19-;;;/m0.../s1. The second-order valence-corrected chi connectivity index (χ2v) is 16.8. The second kappa shape index (κ2) is 19.5. The molecule has 2 saturated heterocycles. The van der Waals surface area contributed by atoms with Gasteiger partial charge in [-0.3, -0.25) is 0 Å². The van der Waals surface area contributed by atoms with Crippen LogP contribution in [0.4, 0.5) is 17.3 Å². The van der Waals surface area contributed by atoms with Crippen LogP contribution >= 0.6 is 15.8 Å². The van der Waals surface area contributed by atoms with E-state index in [1.807, 2.05) is 0 Å². The molecular weight excluding hydrogens is 576 g/mol. The summed E-state index contributed by atoms with van der Waals surface area (Å²) in [6.45, 7) is 12.5. The van der Waals surface area contributed by atoms with Crippen LogP contribution in [0.5, 0.6) is 0 Å². The summed E-state index contributed by atoms with van der Waals surface area (Å²) in [7, 11) is -6.16. The number of halogens is 4. The van der Waals surface area contributed by atoms with Gasteiger partial charge in [-0.1, -0.05) is 27.7 Å². The van der Waals surface area contributed by atoms with Gasteiger partial charge in [-0.05, 0) is 58.3 Å². The Balaban J connectivity index is 0.000000680. The zero-order valence-corrected chi connectivity index (χ0v) is 26.1. The minimum Gasteiger partial charge on any atom is -0.418 e. The molecule has 0 amide bonds.